The van der Waals surface area contributed by atoms with Gasteiger partial charge in [0.2, 0.25) is 0 Å². The van der Waals surface area contributed by atoms with Crippen LogP contribution >= 0.6 is 0 Å². The number of carbonyl (C=O) groups is 1. The van der Waals surface area contributed by atoms with Gasteiger partial charge in [-0.3, -0.25) is 0 Å². The Hall–Kier alpha value is -2.92. The maximum absolute atomic E-state index is 13.0. The molecular weight excluding hydrogens is 360 g/mol. The number of hydrogen-bond acceptors (Lipinski definition) is 4. The predicted octanol–water partition coefficient (Wildman–Crippen LogP) is 4.48. The lowest BCUT2D eigenvalue weighted by Crippen LogP contribution is -2.16. The van der Waals surface area contributed by atoms with Gasteiger partial charge in [0.15, 0.2) is 9.84 Å². The molecular formula is C22H18O4S. The molecule has 0 aliphatic heterocycles. The van der Waals surface area contributed by atoms with Crippen LogP contribution in [0.2, 0.25) is 0 Å². The van der Waals surface area contributed by atoms with Crippen LogP contribution in [0.3, 0.4) is 0 Å². The van der Waals surface area contributed by atoms with E-state index in [0.717, 1.165) is 26.9 Å². The topological polar surface area (TPSA) is 60.4 Å². The fraction of sp³-hybridized carbons (Fsp3) is 0.136. The van der Waals surface area contributed by atoms with Gasteiger partial charge in [-0.25, -0.2) is 13.2 Å². The fourth-order valence-corrected chi connectivity index (χ4v) is 5.09. The first-order valence-electron chi connectivity index (χ1n) is 8.66. The van der Waals surface area contributed by atoms with E-state index in [1.54, 1.807) is 13.0 Å². The number of sulfone groups is 1. The zero-order chi connectivity index (χ0) is 19.2. The number of benzene rings is 4. The number of esters is 1. The van der Waals surface area contributed by atoms with Gasteiger partial charge in [-0.1, -0.05) is 55.1 Å². The van der Waals surface area contributed by atoms with Crippen LogP contribution in [-0.4, -0.2) is 26.7 Å². The summed E-state index contributed by atoms with van der Waals surface area (Å²) in [7, 11) is -3.75. The third kappa shape index (κ3) is 2.84. The summed E-state index contributed by atoms with van der Waals surface area (Å²) in [6.45, 7) is 5.44. The molecule has 5 heteroatoms. The van der Waals surface area contributed by atoms with Crippen molar-refractivity contribution in [1.82, 2.24) is 0 Å². The van der Waals surface area contributed by atoms with Gasteiger partial charge >= 0.3 is 5.97 Å². The lowest BCUT2D eigenvalue weighted by Gasteiger charge is -2.14. The standard InChI is InChI=1S/C22H18O4S/c1-3-26-22(23)14(2)13-27(24,25)19-12-10-17-8-7-15-5-4-6-16-9-11-18(19)21(17)20(15)16/h4-12H,2-3,13H2,1H3. The average Bonchev–Trinajstić information content (AvgIpc) is 2.65. The van der Waals surface area contributed by atoms with Crippen LogP contribution in [-0.2, 0) is 19.4 Å². The summed E-state index contributed by atoms with van der Waals surface area (Å²) in [5.41, 5.74) is -0.0671. The molecule has 0 N–H and O–H groups in total. The van der Waals surface area contributed by atoms with Gasteiger partial charge in [0.05, 0.1) is 17.3 Å². The predicted molar refractivity (Wildman–Crippen MR) is 108 cm³/mol. The fourth-order valence-electron chi connectivity index (χ4n) is 3.58. The molecule has 0 aromatic heterocycles. The van der Waals surface area contributed by atoms with Gasteiger partial charge in [0.25, 0.3) is 0 Å². The van der Waals surface area contributed by atoms with E-state index in [1.165, 1.54) is 0 Å². The summed E-state index contributed by atoms with van der Waals surface area (Å²) >= 11 is 0. The van der Waals surface area contributed by atoms with Crippen LogP contribution in [0.1, 0.15) is 6.92 Å². The monoisotopic (exact) mass is 378 g/mol. The van der Waals surface area contributed by atoms with E-state index in [1.807, 2.05) is 48.5 Å². The molecule has 4 aromatic carbocycles. The number of ether oxygens (including phenoxy) is 1. The molecule has 0 saturated carbocycles. The van der Waals surface area contributed by atoms with E-state index < -0.39 is 21.6 Å². The van der Waals surface area contributed by atoms with Crippen molar-refractivity contribution in [1.29, 1.82) is 0 Å². The Kier molecular flexibility index (Phi) is 4.12. The second-order valence-electron chi connectivity index (χ2n) is 6.50. The van der Waals surface area contributed by atoms with Crippen molar-refractivity contribution >= 4 is 48.1 Å². The first kappa shape index (κ1) is 17.5. The number of hydrogen-bond donors (Lipinski definition) is 0. The van der Waals surface area contributed by atoms with Crippen LogP contribution in [0.5, 0.6) is 0 Å². The molecule has 27 heavy (non-hydrogen) atoms. The minimum absolute atomic E-state index is 0.0671. The summed E-state index contributed by atoms with van der Waals surface area (Å²) in [4.78, 5) is 12.0. The molecule has 4 nitrogen and oxygen atoms in total. The van der Waals surface area contributed by atoms with Crippen LogP contribution in [0, 0.1) is 0 Å². The lowest BCUT2D eigenvalue weighted by atomic mass is 9.94. The van der Waals surface area contributed by atoms with Crippen LogP contribution < -0.4 is 0 Å². The lowest BCUT2D eigenvalue weighted by molar-refractivity contribution is -0.138. The van der Waals surface area contributed by atoms with Crippen molar-refractivity contribution in [2.24, 2.45) is 0 Å². The highest BCUT2D eigenvalue weighted by atomic mass is 32.2. The van der Waals surface area contributed by atoms with Gasteiger partial charge in [-0.15, -0.1) is 0 Å². The average molecular weight is 378 g/mol. The number of carbonyl (C=O) groups excluding carboxylic acids is 1. The molecule has 0 unspecified atom stereocenters. The van der Waals surface area contributed by atoms with Gasteiger partial charge in [-0.05, 0) is 39.9 Å². The van der Waals surface area contributed by atoms with E-state index in [9.17, 15) is 13.2 Å². The highest BCUT2D eigenvalue weighted by Crippen LogP contribution is 2.37. The second kappa shape index (κ2) is 6.35. The molecule has 0 bridgehead atoms. The molecule has 0 fully saturated rings. The third-order valence-electron chi connectivity index (χ3n) is 4.75. The summed E-state index contributed by atoms with van der Waals surface area (Å²) in [5.74, 6) is -1.14. The SMILES string of the molecule is C=C(CS(=O)(=O)c1ccc2ccc3cccc4ccc1c2c34)C(=O)OCC. The molecule has 4 rings (SSSR count). The number of rotatable bonds is 5. The highest BCUT2D eigenvalue weighted by Gasteiger charge is 2.23. The van der Waals surface area contributed by atoms with Crippen molar-refractivity contribution in [3.8, 4) is 0 Å². The molecule has 0 heterocycles. The summed E-state index contributed by atoms with van der Waals surface area (Å²) in [5, 5.41) is 5.75. The summed E-state index contributed by atoms with van der Waals surface area (Å²) in [6, 6.07) is 17.3. The van der Waals surface area contributed by atoms with Gasteiger partial charge in [0, 0.05) is 11.0 Å². The van der Waals surface area contributed by atoms with E-state index in [-0.39, 0.29) is 17.1 Å². The van der Waals surface area contributed by atoms with E-state index in [2.05, 4.69) is 6.58 Å². The summed E-state index contributed by atoms with van der Waals surface area (Å²) in [6.07, 6.45) is 0. The molecule has 0 aliphatic carbocycles. The minimum Gasteiger partial charge on any atom is -0.463 e. The van der Waals surface area contributed by atoms with Crippen molar-refractivity contribution in [3.63, 3.8) is 0 Å². The van der Waals surface area contributed by atoms with Gasteiger partial charge < -0.3 is 4.74 Å². The molecule has 136 valence electrons. The largest absolute Gasteiger partial charge is 0.463 e. The Morgan fingerprint density at radius 3 is 2.19 bits per heavy atom. The molecule has 0 spiro atoms. The third-order valence-corrected chi connectivity index (χ3v) is 6.51. The minimum atomic E-state index is -3.75. The zero-order valence-corrected chi connectivity index (χ0v) is 15.7. The first-order chi connectivity index (χ1) is 12.9. The van der Waals surface area contributed by atoms with Crippen molar-refractivity contribution < 1.29 is 17.9 Å². The molecule has 0 amide bonds. The maximum atomic E-state index is 13.0. The Balaban J connectivity index is 1.92. The van der Waals surface area contributed by atoms with Crippen LogP contribution in [0.25, 0.3) is 32.3 Å². The first-order valence-corrected chi connectivity index (χ1v) is 10.3. The molecule has 0 atom stereocenters. The Bertz CT molecular complexity index is 1290. The van der Waals surface area contributed by atoms with E-state index in [4.69, 9.17) is 4.74 Å². The molecule has 0 radical (unpaired) electrons. The van der Waals surface area contributed by atoms with Crippen molar-refractivity contribution in [2.45, 2.75) is 11.8 Å². The Labute approximate surface area is 157 Å². The Morgan fingerprint density at radius 2 is 1.52 bits per heavy atom. The summed E-state index contributed by atoms with van der Waals surface area (Å²) < 4.78 is 30.9. The maximum Gasteiger partial charge on any atom is 0.334 e. The van der Waals surface area contributed by atoms with Gasteiger partial charge in [-0.2, -0.15) is 0 Å². The van der Waals surface area contributed by atoms with Crippen molar-refractivity contribution in [2.75, 3.05) is 12.4 Å². The van der Waals surface area contributed by atoms with Crippen molar-refractivity contribution in [3.05, 3.63) is 66.7 Å². The molecule has 0 aliphatic rings. The zero-order valence-electron chi connectivity index (χ0n) is 14.9. The van der Waals surface area contributed by atoms with E-state index >= 15 is 0 Å². The molecule has 4 aromatic rings. The van der Waals surface area contributed by atoms with E-state index in [0.29, 0.717) is 5.39 Å². The normalized spacial score (nSPS) is 12.0. The highest BCUT2D eigenvalue weighted by molar-refractivity contribution is 7.91. The van der Waals surface area contributed by atoms with Gasteiger partial charge in [0.1, 0.15) is 0 Å². The van der Waals surface area contributed by atoms with Crippen LogP contribution in [0.15, 0.2) is 71.6 Å². The quantitative estimate of drug-likeness (QED) is 0.292. The second-order valence-corrected chi connectivity index (χ2v) is 8.46. The molecule has 0 saturated heterocycles. The smallest absolute Gasteiger partial charge is 0.334 e. The van der Waals surface area contributed by atoms with Crippen LogP contribution in [0.4, 0.5) is 0 Å². The Morgan fingerprint density at radius 1 is 0.926 bits per heavy atom.